The standard InChI is InChI=1S/C30H38B2F2N2O8/c1-16(35-24(37)17-10-12-19(21(33)14-17)31-41-27(2,3)28(4,5)42-31)23(26(39)40)36-25(38)18-11-13-20(22(34)15-18)32-43-29(6,7)30(8,9)44-32/h10-16,23H,1-9H3,(H,35,37)(H,36,38)(H,39,40)/t16?,23-/m0/s1. The lowest BCUT2D eigenvalue weighted by atomic mass is 9.78. The van der Waals surface area contributed by atoms with E-state index in [1.54, 1.807) is 0 Å². The molecule has 0 aromatic heterocycles. The highest BCUT2D eigenvalue weighted by atomic mass is 19.1. The van der Waals surface area contributed by atoms with Crippen molar-refractivity contribution >= 4 is 42.9 Å². The molecule has 2 saturated heterocycles. The first-order chi connectivity index (χ1) is 20.2. The largest absolute Gasteiger partial charge is 0.497 e. The molecular weight excluding hydrogens is 576 g/mol. The monoisotopic (exact) mass is 614 g/mol. The van der Waals surface area contributed by atoms with E-state index < -0.39 is 78.1 Å². The van der Waals surface area contributed by atoms with Crippen LogP contribution in [-0.2, 0) is 23.4 Å². The molecule has 2 amide bonds. The molecule has 0 bridgehead atoms. The van der Waals surface area contributed by atoms with Crippen LogP contribution in [0.3, 0.4) is 0 Å². The van der Waals surface area contributed by atoms with E-state index in [-0.39, 0.29) is 22.1 Å². The molecule has 4 rings (SSSR count). The minimum atomic E-state index is -1.59. The van der Waals surface area contributed by atoms with E-state index in [4.69, 9.17) is 18.6 Å². The van der Waals surface area contributed by atoms with Gasteiger partial charge in [0.25, 0.3) is 11.8 Å². The van der Waals surface area contributed by atoms with Crippen LogP contribution >= 0.6 is 0 Å². The second-order valence-corrected chi connectivity index (χ2v) is 13.2. The Hall–Kier alpha value is -3.32. The van der Waals surface area contributed by atoms with Crippen LogP contribution in [0.4, 0.5) is 8.78 Å². The predicted molar refractivity (Wildman–Crippen MR) is 160 cm³/mol. The van der Waals surface area contributed by atoms with Gasteiger partial charge in [0, 0.05) is 22.1 Å². The first-order valence-electron chi connectivity index (χ1n) is 14.3. The van der Waals surface area contributed by atoms with E-state index in [9.17, 15) is 19.5 Å². The number of carboxylic acid groups (broad SMARTS) is 1. The first kappa shape index (κ1) is 33.6. The molecule has 0 saturated carbocycles. The van der Waals surface area contributed by atoms with E-state index in [0.29, 0.717) is 0 Å². The zero-order chi connectivity index (χ0) is 33.0. The summed E-state index contributed by atoms with van der Waals surface area (Å²) in [5.41, 5.74) is -2.79. The molecule has 2 aliphatic rings. The Morgan fingerprint density at radius 2 is 1.02 bits per heavy atom. The van der Waals surface area contributed by atoms with Crippen molar-refractivity contribution < 1.29 is 46.9 Å². The first-order valence-corrected chi connectivity index (χ1v) is 14.3. The van der Waals surface area contributed by atoms with Crippen LogP contribution in [-0.4, -0.2) is 71.6 Å². The van der Waals surface area contributed by atoms with Crippen molar-refractivity contribution in [2.24, 2.45) is 0 Å². The van der Waals surface area contributed by atoms with Crippen molar-refractivity contribution in [1.82, 2.24) is 10.6 Å². The van der Waals surface area contributed by atoms with Crippen LogP contribution in [0.5, 0.6) is 0 Å². The summed E-state index contributed by atoms with van der Waals surface area (Å²) in [6.45, 7) is 16.0. The topological polar surface area (TPSA) is 132 Å². The molecule has 236 valence electrons. The van der Waals surface area contributed by atoms with Crippen molar-refractivity contribution in [1.29, 1.82) is 0 Å². The van der Waals surface area contributed by atoms with E-state index in [1.807, 2.05) is 55.4 Å². The predicted octanol–water partition coefficient (Wildman–Crippen LogP) is 2.56. The molecule has 0 spiro atoms. The molecule has 2 aromatic carbocycles. The third-order valence-corrected chi connectivity index (χ3v) is 8.95. The summed E-state index contributed by atoms with van der Waals surface area (Å²) in [4.78, 5) is 37.9. The van der Waals surface area contributed by atoms with Crippen LogP contribution in [0, 0.1) is 11.6 Å². The summed E-state index contributed by atoms with van der Waals surface area (Å²) >= 11 is 0. The lowest BCUT2D eigenvalue weighted by Crippen LogP contribution is -2.54. The zero-order valence-electron chi connectivity index (χ0n) is 26.3. The van der Waals surface area contributed by atoms with E-state index in [2.05, 4.69) is 10.6 Å². The number of carbonyl (C=O) groups excluding carboxylic acids is 2. The Labute approximate surface area is 256 Å². The minimum Gasteiger partial charge on any atom is -0.480 e. The van der Waals surface area contributed by atoms with Crippen molar-refractivity contribution in [3.8, 4) is 0 Å². The number of carbonyl (C=O) groups is 3. The van der Waals surface area contributed by atoms with E-state index in [1.165, 1.54) is 31.2 Å². The Morgan fingerprint density at radius 3 is 1.34 bits per heavy atom. The summed E-state index contributed by atoms with van der Waals surface area (Å²) in [5.74, 6) is -4.60. The molecule has 10 nitrogen and oxygen atoms in total. The van der Waals surface area contributed by atoms with Gasteiger partial charge in [0.1, 0.15) is 17.7 Å². The Bertz CT molecular complexity index is 1450. The molecule has 14 heteroatoms. The summed E-state index contributed by atoms with van der Waals surface area (Å²) < 4.78 is 53.6. The average Bonchev–Trinajstić information content (AvgIpc) is 3.25. The fourth-order valence-electron chi connectivity index (χ4n) is 4.66. The third-order valence-electron chi connectivity index (χ3n) is 8.95. The third kappa shape index (κ3) is 6.39. The van der Waals surface area contributed by atoms with Gasteiger partial charge in [-0.1, -0.05) is 12.1 Å². The van der Waals surface area contributed by atoms with Gasteiger partial charge in [-0.3, -0.25) is 9.59 Å². The minimum absolute atomic E-state index is 0.0783. The maximum absolute atomic E-state index is 15.1. The van der Waals surface area contributed by atoms with Crippen LogP contribution in [0.2, 0.25) is 0 Å². The van der Waals surface area contributed by atoms with Crippen molar-refractivity contribution in [3.63, 3.8) is 0 Å². The normalized spacial score (nSPS) is 21.1. The molecule has 0 aliphatic carbocycles. The molecule has 2 fully saturated rings. The second kappa shape index (κ2) is 11.6. The quantitative estimate of drug-likeness (QED) is 0.387. The number of amides is 2. The molecule has 0 radical (unpaired) electrons. The van der Waals surface area contributed by atoms with Gasteiger partial charge in [0.2, 0.25) is 0 Å². The second-order valence-electron chi connectivity index (χ2n) is 13.2. The molecule has 1 unspecified atom stereocenters. The highest BCUT2D eigenvalue weighted by molar-refractivity contribution is 6.62. The highest BCUT2D eigenvalue weighted by Gasteiger charge is 2.53. The number of benzene rings is 2. The number of hydrogen-bond donors (Lipinski definition) is 3. The summed E-state index contributed by atoms with van der Waals surface area (Å²) in [5, 5.41) is 14.6. The van der Waals surface area contributed by atoms with Gasteiger partial charge >= 0.3 is 20.2 Å². The Morgan fingerprint density at radius 1 is 0.682 bits per heavy atom. The number of rotatable bonds is 8. The molecule has 2 aromatic rings. The number of halogens is 2. The summed E-state index contributed by atoms with van der Waals surface area (Å²) in [6.07, 6.45) is 0. The van der Waals surface area contributed by atoms with Gasteiger partial charge in [-0.25, -0.2) is 13.6 Å². The van der Waals surface area contributed by atoms with Crippen LogP contribution < -0.4 is 21.6 Å². The molecule has 2 aliphatic heterocycles. The van der Waals surface area contributed by atoms with E-state index >= 15 is 8.78 Å². The van der Waals surface area contributed by atoms with Crippen LogP contribution in [0.1, 0.15) is 83.0 Å². The molecule has 44 heavy (non-hydrogen) atoms. The van der Waals surface area contributed by atoms with Crippen molar-refractivity contribution in [2.45, 2.75) is 96.8 Å². The van der Waals surface area contributed by atoms with E-state index in [0.717, 1.165) is 12.1 Å². The lowest BCUT2D eigenvalue weighted by molar-refractivity contribution is -0.139. The van der Waals surface area contributed by atoms with Crippen molar-refractivity contribution in [2.75, 3.05) is 0 Å². The molecule has 2 heterocycles. The van der Waals surface area contributed by atoms with Gasteiger partial charge in [0.15, 0.2) is 0 Å². The van der Waals surface area contributed by atoms with Gasteiger partial charge in [-0.15, -0.1) is 0 Å². The fraction of sp³-hybridized carbons (Fsp3) is 0.500. The van der Waals surface area contributed by atoms with Gasteiger partial charge in [-0.2, -0.15) is 0 Å². The SMILES string of the molecule is CC(NC(=O)c1ccc(B2OC(C)(C)C(C)(C)O2)c(F)c1)[C@H](NC(=O)c1ccc(B2OC(C)(C)C(C)(C)O2)c(F)c1)C(=O)O. The van der Waals surface area contributed by atoms with Crippen molar-refractivity contribution in [3.05, 3.63) is 59.2 Å². The number of nitrogens with one attached hydrogen (secondary N) is 2. The highest BCUT2D eigenvalue weighted by Crippen LogP contribution is 2.37. The van der Waals surface area contributed by atoms with Gasteiger partial charge in [-0.05, 0) is 86.6 Å². The lowest BCUT2D eigenvalue weighted by Gasteiger charge is -2.32. The number of hydrogen-bond acceptors (Lipinski definition) is 7. The average molecular weight is 614 g/mol. The maximum Gasteiger partial charge on any atom is 0.497 e. The summed E-state index contributed by atoms with van der Waals surface area (Å²) in [6, 6.07) is 4.64. The Kier molecular flexibility index (Phi) is 8.82. The molecule has 2 atom stereocenters. The Balaban J connectivity index is 1.42. The zero-order valence-corrected chi connectivity index (χ0v) is 26.3. The maximum atomic E-state index is 15.1. The molecule has 3 N–H and O–H groups in total. The summed E-state index contributed by atoms with van der Waals surface area (Å²) in [7, 11) is -1.96. The van der Waals surface area contributed by atoms with Gasteiger partial charge < -0.3 is 34.4 Å². The number of carboxylic acids is 1. The van der Waals surface area contributed by atoms with Gasteiger partial charge in [0.05, 0.1) is 28.4 Å². The molecular formula is C30H38B2F2N2O8. The fourth-order valence-corrected chi connectivity index (χ4v) is 4.66. The van der Waals surface area contributed by atoms with Crippen LogP contribution in [0.15, 0.2) is 36.4 Å². The van der Waals surface area contributed by atoms with Crippen LogP contribution in [0.25, 0.3) is 0 Å². The smallest absolute Gasteiger partial charge is 0.480 e. The number of aliphatic carboxylic acids is 1.